The summed E-state index contributed by atoms with van der Waals surface area (Å²) in [5.41, 5.74) is 1.47. The Morgan fingerprint density at radius 1 is 1.04 bits per heavy atom. The maximum absolute atomic E-state index is 14.1. The van der Waals surface area contributed by atoms with Crippen LogP contribution < -0.4 is 10.1 Å². The van der Waals surface area contributed by atoms with E-state index in [2.05, 4.69) is 10.3 Å². The maximum atomic E-state index is 14.1. The number of nitrogens with one attached hydrogen (secondary N) is 1. The number of aromatic nitrogens is 1. The van der Waals surface area contributed by atoms with Gasteiger partial charge in [0.2, 0.25) is 15.9 Å². The minimum atomic E-state index is -4.01. The van der Waals surface area contributed by atoms with Crippen molar-refractivity contribution in [2.75, 3.05) is 33.3 Å². The Balaban J connectivity index is 1.55. The molecule has 0 aliphatic carbocycles. The molecule has 0 bridgehead atoms. The third-order valence-electron chi connectivity index (χ3n) is 8.57. The van der Waals surface area contributed by atoms with Crippen LogP contribution in [0.25, 0.3) is 0 Å². The SMILES string of the molecule is CCC(=O)c1nc(CN2CCN([C@H](C(=O)N[C@@H](Cc3ccccc3)[C@H](O)CN(CC(C)C)S(=O)(=O)c3ccc(OC)cc3)C(C)C)C2=O)cs1. The van der Waals surface area contributed by atoms with Crippen molar-refractivity contribution >= 4 is 39.1 Å². The first kappa shape index (κ1) is 38.9. The van der Waals surface area contributed by atoms with Gasteiger partial charge in [0, 0.05) is 38.0 Å². The standard InChI is InChI=1S/C36H49N5O7S2/c1-7-31(42)35-37-27(23-49-35)21-39-17-18-41(36(39)45)33(25(4)5)34(44)38-30(19-26-11-9-8-10-12-26)32(43)22-40(20-24(2)3)50(46,47)29-15-13-28(48-6)14-16-29/h8-16,23-25,30,32-33,43H,7,17-22H2,1-6H3,(H,38,44)/t30-,32+,33-/m0/s1. The number of aliphatic hydroxyl groups excluding tert-OH is 1. The van der Waals surface area contributed by atoms with Gasteiger partial charge in [-0.15, -0.1) is 11.3 Å². The van der Waals surface area contributed by atoms with Crippen LogP contribution in [-0.2, 0) is 27.8 Å². The minimum absolute atomic E-state index is 0.0464. The lowest BCUT2D eigenvalue weighted by atomic mass is 9.97. The molecule has 14 heteroatoms. The Morgan fingerprint density at radius 2 is 1.72 bits per heavy atom. The second-order valence-corrected chi connectivity index (χ2v) is 16.1. The molecule has 1 aliphatic heterocycles. The first-order valence-corrected chi connectivity index (χ1v) is 19.3. The topological polar surface area (TPSA) is 149 Å². The highest BCUT2D eigenvalue weighted by molar-refractivity contribution is 7.89. The fraction of sp³-hybridized carbons (Fsp3) is 0.500. The van der Waals surface area contributed by atoms with Crippen molar-refractivity contribution < 1.29 is 32.6 Å². The summed E-state index contributed by atoms with van der Waals surface area (Å²) in [4.78, 5) is 47.5. The van der Waals surface area contributed by atoms with Crippen LogP contribution in [0.5, 0.6) is 5.75 Å². The van der Waals surface area contributed by atoms with E-state index in [0.29, 0.717) is 36.0 Å². The highest BCUT2D eigenvalue weighted by Crippen LogP contribution is 2.24. The third-order valence-corrected chi connectivity index (χ3v) is 11.4. The van der Waals surface area contributed by atoms with Crippen LogP contribution in [0.2, 0.25) is 0 Å². The van der Waals surface area contributed by atoms with E-state index in [1.807, 2.05) is 58.0 Å². The molecule has 2 N–H and O–H groups in total. The molecule has 2 aromatic carbocycles. The number of rotatable bonds is 18. The van der Waals surface area contributed by atoms with E-state index in [1.165, 1.54) is 39.8 Å². The monoisotopic (exact) mass is 727 g/mol. The van der Waals surface area contributed by atoms with E-state index in [-0.39, 0.29) is 54.6 Å². The fourth-order valence-corrected chi connectivity index (χ4v) is 8.44. The van der Waals surface area contributed by atoms with E-state index in [9.17, 15) is 27.9 Å². The van der Waals surface area contributed by atoms with E-state index in [1.54, 1.807) is 29.3 Å². The van der Waals surface area contributed by atoms with Gasteiger partial charge in [-0.25, -0.2) is 18.2 Å². The van der Waals surface area contributed by atoms with Crippen molar-refractivity contribution in [3.8, 4) is 5.75 Å². The number of aliphatic hydroxyl groups is 1. The summed E-state index contributed by atoms with van der Waals surface area (Å²) in [6.45, 7) is 10.1. The molecule has 50 heavy (non-hydrogen) atoms. The molecule has 12 nitrogen and oxygen atoms in total. The van der Waals surface area contributed by atoms with E-state index in [0.717, 1.165) is 5.56 Å². The zero-order valence-corrected chi connectivity index (χ0v) is 31.2. The van der Waals surface area contributed by atoms with Crippen molar-refractivity contribution in [1.82, 2.24) is 24.4 Å². The van der Waals surface area contributed by atoms with Crippen LogP contribution >= 0.6 is 11.3 Å². The van der Waals surface area contributed by atoms with Gasteiger partial charge in [-0.2, -0.15) is 4.31 Å². The Kier molecular flexibility index (Phi) is 13.5. The Morgan fingerprint density at radius 3 is 2.32 bits per heavy atom. The minimum Gasteiger partial charge on any atom is -0.497 e. The first-order chi connectivity index (χ1) is 23.7. The number of urea groups is 1. The number of carbonyl (C=O) groups excluding carboxylic acids is 3. The molecule has 3 atom stereocenters. The highest BCUT2D eigenvalue weighted by atomic mass is 32.2. The number of ether oxygens (including phenoxy) is 1. The predicted molar refractivity (Wildman–Crippen MR) is 193 cm³/mol. The number of thiazole rings is 1. The van der Waals surface area contributed by atoms with Crippen molar-refractivity contribution in [1.29, 1.82) is 0 Å². The fourth-order valence-electron chi connectivity index (χ4n) is 5.99. The molecule has 0 radical (unpaired) electrons. The number of methoxy groups -OCH3 is 1. The molecule has 1 aliphatic rings. The molecule has 1 fully saturated rings. The van der Waals surface area contributed by atoms with Gasteiger partial charge in [-0.3, -0.25) is 9.59 Å². The molecule has 2 heterocycles. The third kappa shape index (κ3) is 9.68. The molecule has 272 valence electrons. The van der Waals surface area contributed by atoms with Gasteiger partial charge in [0.15, 0.2) is 10.8 Å². The van der Waals surface area contributed by atoms with Crippen LogP contribution in [0.4, 0.5) is 4.79 Å². The first-order valence-electron chi connectivity index (χ1n) is 16.9. The largest absolute Gasteiger partial charge is 0.497 e. The van der Waals surface area contributed by atoms with Crippen LogP contribution in [-0.4, -0.2) is 102 Å². The zero-order chi connectivity index (χ0) is 36.6. The Hall–Kier alpha value is -3.85. The average Bonchev–Trinajstić information content (AvgIpc) is 3.70. The lowest BCUT2D eigenvalue weighted by Gasteiger charge is -2.34. The number of ketones is 1. The lowest BCUT2D eigenvalue weighted by Crippen LogP contribution is -2.57. The van der Waals surface area contributed by atoms with Gasteiger partial charge in [0.25, 0.3) is 0 Å². The van der Waals surface area contributed by atoms with Crippen LogP contribution in [0.15, 0.2) is 64.9 Å². The number of amides is 3. The van der Waals surface area contributed by atoms with Crippen molar-refractivity contribution in [2.45, 2.75) is 77.1 Å². The number of benzene rings is 2. The molecule has 0 spiro atoms. The van der Waals surface area contributed by atoms with E-state index >= 15 is 0 Å². The van der Waals surface area contributed by atoms with Crippen molar-refractivity contribution in [3.05, 3.63) is 76.2 Å². The molecule has 3 aromatic rings. The number of Topliss-reactive ketones (excluding diaryl/α,β-unsaturated/α-hetero) is 1. The number of carbonyl (C=O) groups is 3. The van der Waals surface area contributed by atoms with E-state index < -0.39 is 34.1 Å². The van der Waals surface area contributed by atoms with Gasteiger partial charge < -0.3 is 25.0 Å². The average molecular weight is 728 g/mol. The summed E-state index contributed by atoms with van der Waals surface area (Å²) in [6, 6.07) is 13.4. The summed E-state index contributed by atoms with van der Waals surface area (Å²) in [5.74, 6) is -0.285. The normalized spacial score (nSPS) is 15.5. The smallest absolute Gasteiger partial charge is 0.321 e. The number of nitrogens with zero attached hydrogens (tertiary/aromatic N) is 4. The zero-order valence-electron chi connectivity index (χ0n) is 29.6. The predicted octanol–water partition coefficient (Wildman–Crippen LogP) is 4.44. The number of sulfonamides is 1. The van der Waals surface area contributed by atoms with Gasteiger partial charge >= 0.3 is 6.03 Å². The summed E-state index contributed by atoms with van der Waals surface area (Å²) >= 11 is 1.26. The molecule has 4 rings (SSSR count). The number of hydrogen-bond donors (Lipinski definition) is 2. The summed E-state index contributed by atoms with van der Waals surface area (Å²) in [6.07, 6.45) is -0.698. The quantitative estimate of drug-likeness (QED) is 0.183. The molecule has 1 saturated heterocycles. The summed E-state index contributed by atoms with van der Waals surface area (Å²) < 4.78 is 34.1. The van der Waals surface area contributed by atoms with Crippen molar-refractivity contribution in [2.24, 2.45) is 11.8 Å². The molecular weight excluding hydrogens is 679 g/mol. The Labute approximate surface area is 299 Å². The van der Waals surface area contributed by atoms with Gasteiger partial charge in [0.1, 0.15) is 11.8 Å². The second-order valence-electron chi connectivity index (χ2n) is 13.3. The van der Waals surface area contributed by atoms with Crippen molar-refractivity contribution in [3.63, 3.8) is 0 Å². The van der Waals surface area contributed by atoms with Crippen LogP contribution in [0.3, 0.4) is 0 Å². The van der Waals surface area contributed by atoms with Crippen LogP contribution in [0.1, 0.15) is 62.1 Å². The second kappa shape index (κ2) is 17.4. The molecular formula is C36H49N5O7S2. The number of hydrogen-bond acceptors (Lipinski definition) is 9. The Bertz CT molecular complexity index is 1700. The molecule has 3 amide bonds. The van der Waals surface area contributed by atoms with Gasteiger partial charge in [0.05, 0.1) is 36.4 Å². The van der Waals surface area contributed by atoms with Gasteiger partial charge in [-0.05, 0) is 48.1 Å². The lowest BCUT2D eigenvalue weighted by molar-refractivity contribution is -0.128. The van der Waals surface area contributed by atoms with Gasteiger partial charge in [-0.1, -0.05) is 65.0 Å². The maximum Gasteiger partial charge on any atom is 0.321 e. The summed E-state index contributed by atoms with van der Waals surface area (Å²) in [5, 5.41) is 16.9. The molecule has 0 unspecified atom stereocenters. The summed E-state index contributed by atoms with van der Waals surface area (Å²) in [7, 11) is -2.51. The highest BCUT2D eigenvalue weighted by Gasteiger charge is 2.40. The molecule has 0 saturated carbocycles. The molecule has 1 aromatic heterocycles. The van der Waals surface area contributed by atoms with E-state index in [4.69, 9.17) is 4.74 Å². The van der Waals surface area contributed by atoms with Crippen LogP contribution in [0, 0.1) is 11.8 Å².